The third-order valence-electron chi connectivity index (χ3n) is 2.86. The number of hydrogen-bond acceptors (Lipinski definition) is 3. The van der Waals surface area contributed by atoms with Crippen LogP contribution < -0.4 is 0 Å². The summed E-state index contributed by atoms with van der Waals surface area (Å²) in [6, 6.07) is 1.87. The lowest BCUT2D eigenvalue weighted by Gasteiger charge is -2.22. The summed E-state index contributed by atoms with van der Waals surface area (Å²) in [5.41, 5.74) is 0.692. The van der Waals surface area contributed by atoms with Gasteiger partial charge in [0.2, 0.25) is 0 Å². The van der Waals surface area contributed by atoms with Crippen molar-refractivity contribution in [1.82, 2.24) is 4.90 Å². The summed E-state index contributed by atoms with van der Waals surface area (Å²) in [6.07, 6.45) is 0. The predicted molar refractivity (Wildman–Crippen MR) is 72.2 cm³/mol. The molecule has 0 aromatic carbocycles. The molecule has 100 valence electrons. The normalized spacial score (nSPS) is 12.2. The molecule has 1 aromatic rings. The number of carbonyl (C=O) groups is 2. The Morgan fingerprint density at radius 1 is 1.44 bits per heavy atom. The van der Waals surface area contributed by atoms with Crippen LogP contribution in [0.25, 0.3) is 0 Å². The first-order valence-corrected chi connectivity index (χ1v) is 6.77. The highest BCUT2D eigenvalue weighted by atomic mass is 32.1. The molecule has 4 nitrogen and oxygen atoms in total. The predicted octanol–water partition coefficient (Wildman–Crippen LogP) is 2.55. The molecular weight excluding hydrogens is 250 g/mol. The van der Waals surface area contributed by atoms with Gasteiger partial charge in [-0.2, -0.15) is 0 Å². The van der Waals surface area contributed by atoms with Gasteiger partial charge >= 0.3 is 5.97 Å². The molecule has 1 aromatic heterocycles. The van der Waals surface area contributed by atoms with Crippen LogP contribution in [0.3, 0.4) is 0 Å². The first kappa shape index (κ1) is 14.7. The number of amides is 1. The Morgan fingerprint density at radius 3 is 2.44 bits per heavy atom. The van der Waals surface area contributed by atoms with Crippen molar-refractivity contribution in [2.24, 2.45) is 5.92 Å². The van der Waals surface area contributed by atoms with E-state index in [0.717, 1.165) is 9.75 Å². The fourth-order valence-electron chi connectivity index (χ4n) is 1.78. The number of nitrogens with zero attached hydrogens (tertiary/aromatic N) is 1. The van der Waals surface area contributed by atoms with E-state index in [9.17, 15) is 9.59 Å². The smallest absolute Gasteiger partial charge is 0.308 e. The van der Waals surface area contributed by atoms with Crippen LogP contribution in [-0.4, -0.2) is 35.0 Å². The highest BCUT2D eigenvalue weighted by molar-refractivity contribution is 7.12. The van der Waals surface area contributed by atoms with Crippen molar-refractivity contribution < 1.29 is 14.7 Å². The molecule has 0 spiro atoms. The van der Waals surface area contributed by atoms with Gasteiger partial charge in [-0.3, -0.25) is 9.59 Å². The van der Waals surface area contributed by atoms with Crippen molar-refractivity contribution in [3.63, 3.8) is 0 Å². The number of carboxylic acids is 1. The van der Waals surface area contributed by atoms with Crippen molar-refractivity contribution in [2.45, 2.75) is 27.7 Å². The lowest BCUT2D eigenvalue weighted by Crippen LogP contribution is -2.36. The van der Waals surface area contributed by atoms with Crippen molar-refractivity contribution in [3.05, 3.63) is 21.4 Å². The van der Waals surface area contributed by atoms with Gasteiger partial charge in [-0.15, -0.1) is 11.3 Å². The van der Waals surface area contributed by atoms with Gasteiger partial charge in [0.05, 0.1) is 11.5 Å². The summed E-state index contributed by atoms with van der Waals surface area (Å²) in [4.78, 5) is 26.8. The Hall–Kier alpha value is -1.36. The van der Waals surface area contributed by atoms with Crippen LogP contribution in [0.5, 0.6) is 0 Å². The minimum Gasteiger partial charge on any atom is -0.481 e. The lowest BCUT2D eigenvalue weighted by molar-refractivity contribution is -0.141. The zero-order chi connectivity index (χ0) is 13.9. The van der Waals surface area contributed by atoms with E-state index in [0.29, 0.717) is 12.1 Å². The Balaban J connectivity index is 2.86. The molecule has 1 unspecified atom stereocenters. The van der Waals surface area contributed by atoms with Crippen LogP contribution in [0.2, 0.25) is 0 Å². The second-order valence-electron chi connectivity index (χ2n) is 4.41. The average molecular weight is 269 g/mol. The van der Waals surface area contributed by atoms with Gasteiger partial charge in [0.15, 0.2) is 0 Å². The summed E-state index contributed by atoms with van der Waals surface area (Å²) < 4.78 is 0. The lowest BCUT2D eigenvalue weighted by atomic mass is 10.1. The van der Waals surface area contributed by atoms with Gasteiger partial charge in [-0.1, -0.05) is 6.92 Å². The Bertz CT molecular complexity index is 453. The number of hydrogen-bond donors (Lipinski definition) is 1. The molecule has 0 aliphatic carbocycles. The largest absolute Gasteiger partial charge is 0.481 e. The Morgan fingerprint density at radius 2 is 2.06 bits per heavy atom. The molecule has 0 saturated heterocycles. The van der Waals surface area contributed by atoms with Crippen molar-refractivity contribution in [3.8, 4) is 0 Å². The molecule has 1 N–H and O–H groups in total. The van der Waals surface area contributed by atoms with Crippen LogP contribution in [-0.2, 0) is 4.79 Å². The van der Waals surface area contributed by atoms with Crippen molar-refractivity contribution in [2.75, 3.05) is 13.1 Å². The molecule has 0 aliphatic heterocycles. The first-order valence-electron chi connectivity index (χ1n) is 5.95. The zero-order valence-corrected chi connectivity index (χ0v) is 12.0. The molecule has 0 radical (unpaired) electrons. The van der Waals surface area contributed by atoms with Gasteiger partial charge < -0.3 is 10.0 Å². The van der Waals surface area contributed by atoms with Crippen molar-refractivity contribution in [1.29, 1.82) is 0 Å². The Kier molecular flexibility index (Phi) is 4.90. The molecule has 1 rings (SSSR count). The molecule has 5 heteroatoms. The molecule has 18 heavy (non-hydrogen) atoms. The van der Waals surface area contributed by atoms with Gasteiger partial charge in [-0.05, 0) is 26.8 Å². The van der Waals surface area contributed by atoms with E-state index in [2.05, 4.69) is 0 Å². The van der Waals surface area contributed by atoms with E-state index in [1.54, 1.807) is 23.2 Å². The number of carbonyl (C=O) groups excluding carboxylic acids is 1. The molecule has 1 atom stereocenters. The van der Waals surface area contributed by atoms with E-state index < -0.39 is 11.9 Å². The second kappa shape index (κ2) is 6.00. The molecule has 0 saturated carbocycles. The SMILES string of the molecule is CCN(CC(C)C(=O)O)C(=O)c1cc(C)sc1C. The summed E-state index contributed by atoms with van der Waals surface area (Å²) in [7, 11) is 0. The minimum absolute atomic E-state index is 0.0764. The van der Waals surface area contributed by atoms with Crippen LogP contribution in [0.4, 0.5) is 0 Å². The van der Waals surface area contributed by atoms with Crippen LogP contribution >= 0.6 is 11.3 Å². The number of thiophene rings is 1. The third-order valence-corrected chi connectivity index (χ3v) is 3.82. The highest BCUT2D eigenvalue weighted by Gasteiger charge is 2.22. The van der Waals surface area contributed by atoms with Gasteiger partial charge in [0.25, 0.3) is 5.91 Å². The molecule has 0 aliphatic rings. The topological polar surface area (TPSA) is 57.6 Å². The second-order valence-corrected chi connectivity index (χ2v) is 5.87. The molecule has 1 amide bonds. The summed E-state index contributed by atoms with van der Waals surface area (Å²) in [5.74, 6) is -1.50. The summed E-state index contributed by atoms with van der Waals surface area (Å²) in [6.45, 7) is 8.12. The quantitative estimate of drug-likeness (QED) is 0.893. The molecular formula is C13H19NO3S. The van der Waals surface area contributed by atoms with Crippen LogP contribution in [0, 0.1) is 19.8 Å². The van der Waals surface area contributed by atoms with E-state index >= 15 is 0 Å². The fourth-order valence-corrected chi connectivity index (χ4v) is 2.69. The summed E-state index contributed by atoms with van der Waals surface area (Å²) >= 11 is 1.59. The standard InChI is InChI=1S/C13H19NO3S/c1-5-14(7-8(2)13(16)17)12(15)11-6-9(3)18-10(11)4/h6,8H,5,7H2,1-4H3,(H,16,17). The van der Waals surface area contributed by atoms with Crippen LogP contribution in [0.15, 0.2) is 6.07 Å². The summed E-state index contributed by atoms with van der Waals surface area (Å²) in [5, 5.41) is 8.90. The molecule has 0 fully saturated rings. The van der Waals surface area contributed by atoms with E-state index in [-0.39, 0.29) is 12.5 Å². The van der Waals surface area contributed by atoms with E-state index in [1.165, 1.54) is 0 Å². The number of rotatable bonds is 5. The number of aryl methyl sites for hydroxylation is 2. The highest BCUT2D eigenvalue weighted by Crippen LogP contribution is 2.22. The fraction of sp³-hybridized carbons (Fsp3) is 0.538. The number of carboxylic acid groups (broad SMARTS) is 1. The number of aliphatic carboxylic acids is 1. The molecule has 0 bridgehead atoms. The van der Waals surface area contributed by atoms with Crippen LogP contribution in [0.1, 0.15) is 34.0 Å². The van der Waals surface area contributed by atoms with Gasteiger partial charge in [0.1, 0.15) is 0 Å². The Labute approximate surface area is 111 Å². The van der Waals surface area contributed by atoms with Crippen molar-refractivity contribution >= 4 is 23.2 Å². The monoisotopic (exact) mass is 269 g/mol. The maximum atomic E-state index is 12.3. The zero-order valence-electron chi connectivity index (χ0n) is 11.2. The molecule has 1 heterocycles. The van der Waals surface area contributed by atoms with E-state index in [4.69, 9.17) is 5.11 Å². The first-order chi connectivity index (χ1) is 8.36. The minimum atomic E-state index is -0.875. The maximum Gasteiger partial charge on any atom is 0.308 e. The van der Waals surface area contributed by atoms with Gasteiger partial charge in [-0.25, -0.2) is 0 Å². The van der Waals surface area contributed by atoms with E-state index in [1.807, 2.05) is 26.8 Å². The average Bonchev–Trinajstić information content (AvgIpc) is 2.63. The maximum absolute atomic E-state index is 12.3. The van der Waals surface area contributed by atoms with Gasteiger partial charge in [0, 0.05) is 22.8 Å². The third kappa shape index (κ3) is 3.32.